The van der Waals surface area contributed by atoms with Crippen molar-refractivity contribution in [3.8, 4) is 0 Å². The van der Waals surface area contributed by atoms with Gasteiger partial charge in [0.15, 0.2) is 0 Å². The number of hydrogen-bond acceptors (Lipinski definition) is 5. The molecule has 0 unspecified atom stereocenters. The van der Waals surface area contributed by atoms with Gasteiger partial charge in [0.1, 0.15) is 5.82 Å². The third-order valence-corrected chi connectivity index (χ3v) is 6.08. The van der Waals surface area contributed by atoms with Crippen molar-refractivity contribution in [2.24, 2.45) is 0 Å². The molecule has 6 nitrogen and oxygen atoms in total. The Morgan fingerprint density at radius 1 is 1.09 bits per heavy atom. The highest BCUT2D eigenvalue weighted by Gasteiger charge is 2.33. The van der Waals surface area contributed by atoms with Gasteiger partial charge in [0, 0.05) is 37.3 Å². The Hall–Kier alpha value is -3.03. The number of esters is 1. The molecule has 0 saturated carbocycles. The number of aryl methyl sites for hydroxylation is 2. The van der Waals surface area contributed by atoms with E-state index in [1.807, 2.05) is 11.0 Å². The number of ether oxygens (including phenoxy) is 1. The molecule has 1 fully saturated rings. The number of hydrogen-bond donors (Lipinski definition) is 1. The van der Waals surface area contributed by atoms with E-state index < -0.39 is 11.9 Å². The van der Waals surface area contributed by atoms with Gasteiger partial charge < -0.3 is 15.0 Å². The van der Waals surface area contributed by atoms with Gasteiger partial charge in [0.05, 0.1) is 18.2 Å². The molecule has 8 heteroatoms. The monoisotopic (exact) mass is 443 g/mol. The molecule has 170 valence electrons. The predicted octanol–water partition coefficient (Wildman–Crippen LogP) is 4.62. The lowest BCUT2D eigenvalue weighted by molar-refractivity contribution is -0.0102. The fourth-order valence-corrected chi connectivity index (χ4v) is 4.35. The smallest absolute Gasteiger partial charge is 0.337 e. The van der Waals surface area contributed by atoms with Gasteiger partial charge in [-0.3, -0.25) is 4.79 Å². The lowest BCUT2D eigenvalue weighted by atomic mass is 9.94. The average Bonchev–Trinajstić information content (AvgIpc) is 2.98. The molecule has 0 atom stereocenters. The SMILES string of the molecule is COC(=O)c1cccc(NC(=O)c2cc3c(nc2N2CCCC(F)(F)CC2)CCCC3)c1. The van der Waals surface area contributed by atoms with Crippen LogP contribution in [0.3, 0.4) is 0 Å². The minimum absolute atomic E-state index is 0.150. The quantitative estimate of drug-likeness (QED) is 0.698. The summed E-state index contributed by atoms with van der Waals surface area (Å²) in [7, 11) is 1.30. The minimum atomic E-state index is -2.69. The summed E-state index contributed by atoms with van der Waals surface area (Å²) in [6.07, 6.45) is 3.67. The zero-order chi connectivity index (χ0) is 22.7. The summed E-state index contributed by atoms with van der Waals surface area (Å²) in [5, 5.41) is 2.83. The summed E-state index contributed by atoms with van der Waals surface area (Å²) >= 11 is 0. The fourth-order valence-electron chi connectivity index (χ4n) is 4.35. The van der Waals surface area contributed by atoms with Crippen molar-refractivity contribution < 1.29 is 23.1 Å². The number of fused-ring (bicyclic) bond motifs is 1. The lowest BCUT2D eigenvalue weighted by Gasteiger charge is -2.27. The highest BCUT2D eigenvalue weighted by atomic mass is 19.3. The van der Waals surface area contributed by atoms with Gasteiger partial charge in [-0.05, 0) is 61.9 Å². The van der Waals surface area contributed by atoms with Gasteiger partial charge in [-0.15, -0.1) is 0 Å². The number of carbonyl (C=O) groups excluding carboxylic acids is 2. The van der Waals surface area contributed by atoms with Gasteiger partial charge in [-0.25, -0.2) is 18.6 Å². The van der Waals surface area contributed by atoms with Crippen LogP contribution in [0.15, 0.2) is 30.3 Å². The van der Waals surface area contributed by atoms with E-state index in [1.165, 1.54) is 7.11 Å². The maximum Gasteiger partial charge on any atom is 0.337 e. The maximum absolute atomic E-state index is 13.9. The third-order valence-electron chi connectivity index (χ3n) is 6.08. The van der Waals surface area contributed by atoms with Crippen LogP contribution < -0.4 is 10.2 Å². The molecule has 1 amide bonds. The number of nitrogens with zero attached hydrogens (tertiary/aromatic N) is 2. The van der Waals surface area contributed by atoms with E-state index in [2.05, 4.69) is 5.32 Å². The number of amides is 1. The van der Waals surface area contributed by atoms with Crippen molar-refractivity contribution >= 4 is 23.4 Å². The fraction of sp³-hybridized carbons (Fsp3) is 0.458. The van der Waals surface area contributed by atoms with Crippen LogP contribution >= 0.6 is 0 Å². The van der Waals surface area contributed by atoms with E-state index in [4.69, 9.17) is 9.72 Å². The van der Waals surface area contributed by atoms with E-state index in [0.717, 1.165) is 36.9 Å². The average molecular weight is 443 g/mol. The molecular formula is C24H27F2N3O3. The van der Waals surface area contributed by atoms with Crippen molar-refractivity contribution in [1.29, 1.82) is 0 Å². The van der Waals surface area contributed by atoms with Crippen molar-refractivity contribution in [3.05, 3.63) is 52.7 Å². The van der Waals surface area contributed by atoms with Crippen molar-refractivity contribution in [2.45, 2.75) is 50.9 Å². The van der Waals surface area contributed by atoms with Crippen LogP contribution in [0.5, 0.6) is 0 Å². The molecule has 4 rings (SSSR count). The Morgan fingerprint density at radius 2 is 1.91 bits per heavy atom. The van der Waals surface area contributed by atoms with Crippen LogP contribution in [0, 0.1) is 0 Å². The van der Waals surface area contributed by atoms with Gasteiger partial charge >= 0.3 is 5.97 Å². The molecule has 0 bridgehead atoms. The molecule has 0 spiro atoms. The minimum Gasteiger partial charge on any atom is -0.465 e. The molecule has 32 heavy (non-hydrogen) atoms. The van der Waals surface area contributed by atoms with Crippen LogP contribution in [0.1, 0.15) is 64.1 Å². The Kier molecular flexibility index (Phi) is 6.39. The number of methoxy groups -OCH3 is 1. The Morgan fingerprint density at radius 3 is 2.72 bits per heavy atom. The summed E-state index contributed by atoms with van der Waals surface area (Å²) in [6.45, 7) is 0.580. The molecule has 1 saturated heterocycles. The van der Waals surface area contributed by atoms with Gasteiger partial charge in [-0.2, -0.15) is 0 Å². The predicted molar refractivity (Wildman–Crippen MR) is 118 cm³/mol. The zero-order valence-corrected chi connectivity index (χ0v) is 18.1. The third kappa shape index (κ3) is 4.89. The van der Waals surface area contributed by atoms with Crippen LogP contribution in [0.25, 0.3) is 0 Å². The van der Waals surface area contributed by atoms with E-state index in [9.17, 15) is 18.4 Å². The summed E-state index contributed by atoms with van der Waals surface area (Å²) in [5.74, 6) is -3.11. The lowest BCUT2D eigenvalue weighted by Crippen LogP contribution is -2.30. The Labute approximate surface area is 186 Å². The van der Waals surface area contributed by atoms with E-state index in [0.29, 0.717) is 35.6 Å². The Bertz CT molecular complexity index is 1030. The summed E-state index contributed by atoms with van der Waals surface area (Å²) in [5.41, 5.74) is 3.13. The second-order valence-corrected chi connectivity index (χ2v) is 8.40. The summed E-state index contributed by atoms with van der Waals surface area (Å²) in [4.78, 5) is 31.7. The number of pyridine rings is 1. The number of anilines is 2. The molecule has 1 aromatic heterocycles. The topological polar surface area (TPSA) is 71.5 Å². The van der Waals surface area contributed by atoms with E-state index in [1.54, 1.807) is 24.3 Å². The molecule has 1 aliphatic carbocycles. The Balaban J connectivity index is 1.66. The number of halogens is 2. The number of rotatable bonds is 4. The van der Waals surface area contributed by atoms with Crippen LogP contribution in [0.2, 0.25) is 0 Å². The van der Waals surface area contributed by atoms with E-state index in [-0.39, 0.29) is 25.3 Å². The van der Waals surface area contributed by atoms with Crippen LogP contribution in [0.4, 0.5) is 20.3 Å². The zero-order valence-electron chi connectivity index (χ0n) is 18.1. The summed E-state index contributed by atoms with van der Waals surface area (Å²) in [6, 6.07) is 8.35. The van der Waals surface area contributed by atoms with Crippen molar-refractivity contribution in [1.82, 2.24) is 4.98 Å². The molecule has 1 N–H and O–H groups in total. The number of nitrogens with one attached hydrogen (secondary N) is 1. The molecule has 1 aliphatic heterocycles. The standard InChI is InChI=1S/C24H27F2N3O3/c1-32-23(31)17-7-4-8-18(14-17)27-22(30)19-15-16-6-2-3-9-20(16)28-21(19)29-12-5-10-24(25,26)11-13-29/h4,7-8,14-15H,2-3,5-6,9-13H2,1H3,(H,27,30). The first kappa shape index (κ1) is 22.2. The molecule has 2 heterocycles. The molecule has 2 aromatic rings. The number of benzene rings is 1. The van der Waals surface area contributed by atoms with Crippen molar-refractivity contribution in [2.75, 3.05) is 30.4 Å². The maximum atomic E-state index is 13.9. The molecule has 0 radical (unpaired) electrons. The molecule has 2 aliphatic rings. The normalized spacial score (nSPS) is 17.8. The largest absolute Gasteiger partial charge is 0.465 e. The second-order valence-electron chi connectivity index (χ2n) is 8.40. The van der Waals surface area contributed by atoms with Crippen molar-refractivity contribution in [3.63, 3.8) is 0 Å². The van der Waals surface area contributed by atoms with Gasteiger partial charge in [0.25, 0.3) is 5.91 Å². The second kappa shape index (κ2) is 9.22. The van der Waals surface area contributed by atoms with Gasteiger partial charge in [-0.1, -0.05) is 6.07 Å². The first-order valence-corrected chi connectivity index (χ1v) is 11.0. The first-order valence-electron chi connectivity index (χ1n) is 11.0. The number of carbonyl (C=O) groups is 2. The van der Waals surface area contributed by atoms with Crippen LogP contribution in [-0.4, -0.2) is 43.0 Å². The highest BCUT2D eigenvalue weighted by Crippen LogP contribution is 2.33. The van der Waals surface area contributed by atoms with Crippen LogP contribution in [-0.2, 0) is 17.6 Å². The van der Waals surface area contributed by atoms with Gasteiger partial charge in [0.2, 0.25) is 5.92 Å². The first-order chi connectivity index (χ1) is 15.4. The molecule has 1 aromatic carbocycles. The molecular weight excluding hydrogens is 416 g/mol. The summed E-state index contributed by atoms with van der Waals surface area (Å²) < 4.78 is 32.6. The number of aromatic nitrogens is 1. The van der Waals surface area contributed by atoms with E-state index >= 15 is 0 Å². The number of alkyl halides is 2. The highest BCUT2D eigenvalue weighted by molar-refractivity contribution is 6.08.